The molecule has 0 radical (unpaired) electrons. The smallest absolute Gasteiger partial charge is 0.127 e. The first-order chi connectivity index (χ1) is 7.65. The summed E-state index contributed by atoms with van der Waals surface area (Å²) in [6.45, 7) is 5.26. The Hall–Kier alpha value is -0.160. The van der Waals surface area contributed by atoms with Crippen molar-refractivity contribution in [1.29, 1.82) is 0 Å². The van der Waals surface area contributed by atoms with Crippen molar-refractivity contribution in [2.24, 2.45) is 5.92 Å². The molecule has 1 aliphatic rings. The van der Waals surface area contributed by atoms with Crippen molar-refractivity contribution in [2.45, 2.75) is 26.3 Å². The fraction of sp³-hybridized carbons (Fsp3) is 0.538. The molecular formula is C13H17FIN. The average molecular weight is 333 g/mol. The van der Waals surface area contributed by atoms with Gasteiger partial charge in [-0.15, -0.1) is 0 Å². The molecule has 0 unspecified atom stereocenters. The van der Waals surface area contributed by atoms with Gasteiger partial charge in [0.05, 0.1) is 0 Å². The van der Waals surface area contributed by atoms with Crippen LogP contribution in [0.1, 0.15) is 25.3 Å². The predicted molar refractivity (Wildman–Crippen MR) is 72.8 cm³/mol. The molecule has 1 aromatic carbocycles. The summed E-state index contributed by atoms with van der Waals surface area (Å²) in [6.07, 6.45) is 2.48. The summed E-state index contributed by atoms with van der Waals surface area (Å²) in [5, 5.41) is 0. The lowest BCUT2D eigenvalue weighted by Gasteiger charge is -2.30. The predicted octanol–water partition coefficient (Wildman–Crippen LogP) is 3.66. The maximum absolute atomic E-state index is 13.6. The highest BCUT2D eigenvalue weighted by Crippen LogP contribution is 2.20. The molecule has 0 atom stereocenters. The summed E-state index contributed by atoms with van der Waals surface area (Å²) in [6, 6.07) is 5.34. The first-order valence-electron chi connectivity index (χ1n) is 5.81. The number of hydrogen-bond acceptors (Lipinski definition) is 1. The average Bonchev–Trinajstić information content (AvgIpc) is 2.27. The molecule has 0 bridgehead atoms. The summed E-state index contributed by atoms with van der Waals surface area (Å²) in [4.78, 5) is 2.36. The zero-order valence-electron chi connectivity index (χ0n) is 9.55. The number of halogens is 2. The molecule has 0 aliphatic carbocycles. The fourth-order valence-corrected chi connectivity index (χ4v) is 2.68. The van der Waals surface area contributed by atoms with E-state index in [-0.39, 0.29) is 5.82 Å². The van der Waals surface area contributed by atoms with Gasteiger partial charge in [-0.1, -0.05) is 6.92 Å². The van der Waals surface area contributed by atoms with Crippen LogP contribution < -0.4 is 0 Å². The van der Waals surface area contributed by atoms with Crippen molar-refractivity contribution in [2.75, 3.05) is 13.1 Å². The number of likely N-dealkylation sites (tertiary alicyclic amines) is 1. The van der Waals surface area contributed by atoms with Gasteiger partial charge < -0.3 is 0 Å². The van der Waals surface area contributed by atoms with Gasteiger partial charge >= 0.3 is 0 Å². The van der Waals surface area contributed by atoms with Crippen LogP contribution in [0, 0.1) is 15.3 Å². The van der Waals surface area contributed by atoms with Crippen LogP contribution in [-0.2, 0) is 6.54 Å². The van der Waals surface area contributed by atoms with Crippen molar-refractivity contribution < 1.29 is 4.39 Å². The molecule has 0 saturated carbocycles. The molecule has 88 valence electrons. The minimum Gasteiger partial charge on any atom is -0.299 e. The van der Waals surface area contributed by atoms with Crippen LogP contribution >= 0.6 is 22.6 Å². The maximum Gasteiger partial charge on any atom is 0.127 e. The first-order valence-corrected chi connectivity index (χ1v) is 6.89. The van der Waals surface area contributed by atoms with E-state index in [0.29, 0.717) is 0 Å². The SMILES string of the molecule is CC1CCN(Cc2cc(I)ccc2F)CC1. The van der Waals surface area contributed by atoms with E-state index in [1.165, 1.54) is 12.8 Å². The minimum atomic E-state index is -0.0703. The van der Waals surface area contributed by atoms with Gasteiger partial charge in [0, 0.05) is 15.7 Å². The molecule has 1 saturated heterocycles. The molecular weight excluding hydrogens is 316 g/mol. The Morgan fingerprint density at radius 1 is 1.38 bits per heavy atom. The molecule has 1 aromatic rings. The number of nitrogens with zero attached hydrogens (tertiary/aromatic N) is 1. The van der Waals surface area contributed by atoms with Crippen LogP contribution in [0.3, 0.4) is 0 Å². The molecule has 2 rings (SSSR count). The number of benzene rings is 1. The third-order valence-corrected chi connectivity index (χ3v) is 3.95. The lowest BCUT2D eigenvalue weighted by molar-refractivity contribution is 0.183. The highest BCUT2D eigenvalue weighted by molar-refractivity contribution is 14.1. The van der Waals surface area contributed by atoms with Crippen LogP contribution in [-0.4, -0.2) is 18.0 Å². The normalized spacial score (nSPS) is 18.9. The van der Waals surface area contributed by atoms with Gasteiger partial charge in [-0.25, -0.2) is 4.39 Å². The van der Waals surface area contributed by atoms with Gasteiger partial charge in [0.1, 0.15) is 5.82 Å². The minimum absolute atomic E-state index is 0.0703. The standard InChI is InChI=1S/C13H17FIN/c1-10-4-6-16(7-5-10)9-11-8-12(15)2-3-13(11)14/h2-3,8,10H,4-7,9H2,1H3. The molecule has 0 spiro atoms. The molecule has 1 aliphatic heterocycles. The Kier molecular flexibility index (Phi) is 4.19. The largest absolute Gasteiger partial charge is 0.299 e. The van der Waals surface area contributed by atoms with Gasteiger partial charge in [0.15, 0.2) is 0 Å². The van der Waals surface area contributed by atoms with Crippen molar-refractivity contribution >= 4 is 22.6 Å². The van der Waals surface area contributed by atoms with E-state index in [1.54, 1.807) is 6.07 Å². The van der Waals surface area contributed by atoms with Gasteiger partial charge in [-0.2, -0.15) is 0 Å². The molecule has 0 amide bonds. The number of piperidine rings is 1. The molecule has 1 heterocycles. The molecule has 1 nitrogen and oxygen atoms in total. The Labute approximate surface area is 110 Å². The van der Waals surface area contributed by atoms with Crippen LogP contribution in [0.15, 0.2) is 18.2 Å². The third kappa shape index (κ3) is 3.17. The van der Waals surface area contributed by atoms with Gasteiger partial charge in [0.25, 0.3) is 0 Å². The first kappa shape index (κ1) is 12.3. The fourth-order valence-electron chi connectivity index (χ4n) is 2.13. The second-order valence-corrected chi connectivity index (χ2v) is 5.94. The quantitative estimate of drug-likeness (QED) is 0.747. The van der Waals surface area contributed by atoms with E-state index in [0.717, 1.165) is 34.7 Å². The Bertz CT molecular complexity index is 359. The molecule has 3 heteroatoms. The second-order valence-electron chi connectivity index (χ2n) is 4.69. The Morgan fingerprint density at radius 2 is 2.06 bits per heavy atom. The zero-order valence-corrected chi connectivity index (χ0v) is 11.7. The summed E-state index contributed by atoms with van der Waals surface area (Å²) >= 11 is 2.23. The third-order valence-electron chi connectivity index (χ3n) is 3.28. The molecule has 1 fully saturated rings. The topological polar surface area (TPSA) is 3.24 Å². The van der Waals surface area contributed by atoms with Gasteiger partial charge in [-0.3, -0.25) is 4.90 Å². The van der Waals surface area contributed by atoms with Crippen LogP contribution in [0.4, 0.5) is 4.39 Å². The van der Waals surface area contributed by atoms with E-state index >= 15 is 0 Å². The summed E-state index contributed by atoms with van der Waals surface area (Å²) in [5.41, 5.74) is 0.835. The summed E-state index contributed by atoms with van der Waals surface area (Å²) in [7, 11) is 0. The van der Waals surface area contributed by atoms with E-state index in [4.69, 9.17) is 0 Å². The summed E-state index contributed by atoms with van der Waals surface area (Å²) < 4.78 is 14.7. The monoisotopic (exact) mass is 333 g/mol. The maximum atomic E-state index is 13.6. The van der Waals surface area contributed by atoms with Crippen molar-refractivity contribution in [3.05, 3.63) is 33.1 Å². The van der Waals surface area contributed by atoms with Gasteiger partial charge in [0.2, 0.25) is 0 Å². The Balaban J connectivity index is 2.00. The number of rotatable bonds is 2. The second kappa shape index (κ2) is 5.45. The van der Waals surface area contributed by atoms with Crippen molar-refractivity contribution in [3.63, 3.8) is 0 Å². The lowest BCUT2D eigenvalue weighted by Crippen LogP contribution is -2.32. The van der Waals surface area contributed by atoms with E-state index in [2.05, 4.69) is 34.4 Å². The highest BCUT2D eigenvalue weighted by Gasteiger charge is 2.16. The van der Waals surface area contributed by atoms with E-state index in [9.17, 15) is 4.39 Å². The Morgan fingerprint density at radius 3 is 2.75 bits per heavy atom. The van der Waals surface area contributed by atoms with Crippen LogP contribution in [0.25, 0.3) is 0 Å². The number of hydrogen-bond donors (Lipinski definition) is 0. The molecule has 16 heavy (non-hydrogen) atoms. The van der Waals surface area contributed by atoms with Crippen LogP contribution in [0.5, 0.6) is 0 Å². The molecule has 0 N–H and O–H groups in total. The van der Waals surface area contributed by atoms with Crippen molar-refractivity contribution in [3.8, 4) is 0 Å². The summed E-state index contributed by atoms with van der Waals surface area (Å²) in [5.74, 6) is 0.760. The van der Waals surface area contributed by atoms with Crippen molar-refractivity contribution in [1.82, 2.24) is 4.90 Å². The van der Waals surface area contributed by atoms with Crippen LogP contribution in [0.2, 0.25) is 0 Å². The zero-order chi connectivity index (χ0) is 11.5. The van der Waals surface area contributed by atoms with E-state index in [1.807, 2.05) is 12.1 Å². The van der Waals surface area contributed by atoms with E-state index < -0.39 is 0 Å². The van der Waals surface area contributed by atoms with Gasteiger partial charge in [-0.05, 0) is 72.6 Å². The lowest BCUT2D eigenvalue weighted by atomic mass is 9.99. The molecule has 0 aromatic heterocycles. The highest BCUT2D eigenvalue weighted by atomic mass is 127.